The lowest BCUT2D eigenvalue weighted by atomic mass is 9.94. The second-order valence-electron chi connectivity index (χ2n) is 4.35. The van der Waals surface area contributed by atoms with Crippen LogP contribution in [0.15, 0.2) is 24.3 Å². The zero-order chi connectivity index (χ0) is 10.8. The lowest BCUT2D eigenvalue weighted by Crippen LogP contribution is -2.45. The van der Waals surface area contributed by atoms with Crippen LogP contribution in [-0.2, 0) is 0 Å². The van der Waals surface area contributed by atoms with Gasteiger partial charge < -0.3 is 10.6 Å². The van der Waals surface area contributed by atoms with Crippen LogP contribution in [0.2, 0.25) is 5.02 Å². The van der Waals surface area contributed by atoms with Gasteiger partial charge in [-0.2, -0.15) is 0 Å². The fourth-order valence-electron chi connectivity index (χ4n) is 2.05. The van der Waals surface area contributed by atoms with Crippen molar-refractivity contribution in [2.45, 2.75) is 19.4 Å². The van der Waals surface area contributed by atoms with Crippen molar-refractivity contribution in [3.63, 3.8) is 0 Å². The molecule has 2 unspecified atom stereocenters. The van der Waals surface area contributed by atoms with Gasteiger partial charge in [0.15, 0.2) is 0 Å². The molecule has 1 heterocycles. The number of piperidine rings is 1. The van der Waals surface area contributed by atoms with Gasteiger partial charge in [0.1, 0.15) is 0 Å². The van der Waals surface area contributed by atoms with Gasteiger partial charge in [-0.05, 0) is 36.6 Å². The maximum atomic E-state index is 5.99. The Labute approximate surface area is 96.0 Å². The van der Waals surface area contributed by atoms with Crippen LogP contribution in [-0.4, -0.2) is 19.1 Å². The van der Waals surface area contributed by atoms with Gasteiger partial charge >= 0.3 is 0 Å². The van der Waals surface area contributed by atoms with Gasteiger partial charge in [0.05, 0.1) is 0 Å². The van der Waals surface area contributed by atoms with E-state index in [0.29, 0.717) is 12.0 Å². The summed E-state index contributed by atoms with van der Waals surface area (Å²) in [5.74, 6) is 0.564. The van der Waals surface area contributed by atoms with Gasteiger partial charge in [0.25, 0.3) is 0 Å². The van der Waals surface area contributed by atoms with Gasteiger partial charge in [-0.3, -0.25) is 0 Å². The molecule has 0 aliphatic carbocycles. The lowest BCUT2D eigenvalue weighted by molar-refractivity contribution is 0.383. The standard InChI is InChI=1S/C12H17ClN2/c1-9-8-15(7-6-12(9)14)11-4-2-10(13)3-5-11/h2-5,9,12H,6-8,14H2,1H3. The molecule has 1 fully saturated rings. The summed E-state index contributed by atoms with van der Waals surface area (Å²) >= 11 is 5.86. The molecule has 0 amide bonds. The van der Waals surface area contributed by atoms with Crippen molar-refractivity contribution in [1.82, 2.24) is 0 Å². The Kier molecular flexibility index (Phi) is 3.17. The molecule has 2 nitrogen and oxygen atoms in total. The number of halogens is 1. The molecular weight excluding hydrogens is 208 g/mol. The number of nitrogens with two attached hydrogens (primary N) is 1. The van der Waals surface area contributed by atoms with Gasteiger partial charge in [0, 0.05) is 29.8 Å². The highest BCUT2D eigenvalue weighted by atomic mass is 35.5. The minimum Gasteiger partial charge on any atom is -0.371 e. The molecule has 82 valence electrons. The van der Waals surface area contributed by atoms with Crippen LogP contribution in [0.3, 0.4) is 0 Å². The van der Waals surface area contributed by atoms with E-state index in [4.69, 9.17) is 17.3 Å². The Bertz CT molecular complexity index is 323. The summed E-state index contributed by atoms with van der Waals surface area (Å²) < 4.78 is 0. The Morgan fingerprint density at radius 1 is 1.33 bits per heavy atom. The molecule has 2 N–H and O–H groups in total. The van der Waals surface area contributed by atoms with E-state index in [9.17, 15) is 0 Å². The SMILES string of the molecule is CC1CN(c2ccc(Cl)cc2)CCC1N. The van der Waals surface area contributed by atoms with Gasteiger partial charge in [-0.25, -0.2) is 0 Å². The third-order valence-electron chi connectivity index (χ3n) is 3.16. The largest absolute Gasteiger partial charge is 0.371 e. The zero-order valence-electron chi connectivity index (χ0n) is 8.99. The molecule has 0 spiro atoms. The van der Waals surface area contributed by atoms with Crippen LogP contribution in [0.5, 0.6) is 0 Å². The van der Waals surface area contributed by atoms with E-state index in [1.54, 1.807) is 0 Å². The zero-order valence-corrected chi connectivity index (χ0v) is 9.74. The van der Waals surface area contributed by atoms with E-state index >= 15 is 0 Å². The Morgan fingerprint density at radius 3 is 2.60 bits per heavy atom. The van der Waals surface area contributed by atoms with E-state index in [2.05, 4.69) is 24.0 Å². The van der Waals surface area contributed by atoms with Crippen molar-refractivity contribution in [2.75, 3.05) is 18.0 Å². The molecule has 1 aromatic carbocycles. The predicted octanol–water partition coefficient (Wildman–Crippen LogP) is 2.51. The fraction of sp³-hybridized carbons (Fsp3) is 0.500. The van der Waals surface area contributed by atoms with E-state index in [1.807, 2.05) is 12.1 Å². The second kappa shape index (κ2) is 4.42. The maximum Gasteiger partial charge on any atom is 0.0407 e. The Hall–Kier alpha value is -0.730. The first-order chi connectivity index (χ1) is 7.16. The molecule has 1 aliphatic rings. The molecule has 1 aromatic rings. The van der Waals surface area contributed by atoms with Crippen molar-refractivity contribution in [2.24, 2.45) is 11.7 Å². The number of anilines is 1. The molecule has 2 rings (SSSR count). The van der Waals surface area contributed by atoms with Gasteiger partial charge in [-0.15, -0.1) is 0 Å². The summed E-state index contributed by atoms with van der Waals surface area (Å²) in [4.78, 5) is 2.38. The van der Waals surface area contributed by atoms with Crippen molar-refractivity contribution in [3.8, 4) is 0 Å². The molecule has 0 aromatic heterocycles. The molecule has 2 atom stereocenters. The van der Waals surface area contributed by atoms with Crippen molar-refractivity contribution >= 4 is 17.3 Å². The maximum absolute atomic E-state index is 5.99. The molecule has 0 saturated carbocycles. The number of nitrogens with zero attached hydrogens (tertiary/aromatic N) is 1. The number of benzene rings is 1. The minimum atomic E-state index is 0.355. The highest BCUT2D eigenvalue weighted by Crippen LogP contribution is 2.23. The summed E-state index contributed by atoms with van der Waals surface area (Å²) in [7, 11) is 0. The molecule has 0 radical (unpaired) electrons. The van der Waals surface area contributed by atoms with E-state index in [0.717, 1.165) is 24.5 Å². The van der Waals surface area contributed by atoms with Crippen LogP contribution in [0.25, 0.3) is 0 Å². The van der Waals surface area contributed by atoms with Crippen LogP contribution in [0, 0.1) is 5.92 Å². The molecule has 0 bridgehead atoms. The number of rotatable bonds is 1. The van der Waals surface area contributed by atoms with Crippen LogP contribution in [0.4, 0.5) is 5.69 Å². The summed E-state index contributed by atoms with van der Waals surface area (Å²) in [6.45, 7) is 4.31. The smallest absolute Gasteiger partial charge is 0.0407 e. The monoisotopic (exact) mass is 224 g/mol. The molecule has 1 saturated heterocycles. The number of hydrogen-bond acceptors (Lipinski definition) is 2. The van der Waals surface area contributed by atoms with E-state index < -0.39 is 0 Å². The van der Waals surface area contributed by atoms with Crippen molar-refractivity contribution in [3.05, 3.63) is 29.3 Å². The summed E-state index contributed by atoms with van der Waals surface area (Å²) in [5.41, 5.74) is 7.24. The third-order valence-corrected chi connectivity index (χ3v) is 3.42. The summed E-state index contributed by atoms with van der Waals surface area (Å²) in [6, 6.07) is 8.39. The highest BCUT2D eigenvalue weighted by Gasteiger charge is 2.22. The Morgan fingerprint density at radius 2 is 2.00 bits per heavy atom. The second-order valence-corrected chi connectivity index (χ2v) is 4.79. The molecule has 1 aliphatic heterocycles. The number of hydrogen-bond donors (Lipinski definition) is 1. The third kappa shape index (κ3) is 2.44. The molecular formula is C12H17ClN2. The van der Waals surface area contributed by atoms with Crippen molar-refractivity contribution in [1.29, 1.82) is 0 Å². The van der Waals surface area contributed by atoms with E-state index in [-0.39, 0.29) is 0 Å². The first-order valence-electron chi connectivity index (χ1n) is 5.43. The summed E-state index contributed by atoms with van der Waals surface area (Å²) in [6.07, 6.45) is 1.07. The molecule has 15 heavy (non-hydrogen) atoms. The van der Waals surface area contributed by atoms with Crippen LogP contribution >= 0.6 is 11.6 Å². The van der Waals surface area contributed by atoms with Crippen LogP contribution in [0.1, 0.15) is 13.3 Å². The average molecular weight is 225 g/mol. The lowest BCUT2D eigenvalue weighted by Gasteiger charge is -2.36. The Balaban J connectivity index is 2.08. The predicted molar refractivity (Wildman–Crippen MR) is 65.4 cm³/mol. The van der Waals surface area contributed by atoms with Crippen molar-refractivity contribution < 1.29 is 0 Å². The first-order valence-corrected chi connectivity index (χ1v) is 5.80. The average Bonchev–Trinajstić information content (AvgIpc) is 2.23. The topological polar surface area (TPSA) is 29.3 Å². The minimum absolute atomic E-state index is 0.355. The van der Waals surface area contributed by atoms with Gasteiger partial charge in [0.2, 0.25) is 0 Å². The normalized spacial score (nSPS) is 26.7. The van der Waals surface area contributed by atoms with E-state index in [1.165, 1.54) is 5.69 Å². The summed E-state index contributed by atoms with van der Waals surface area (Å²) in [5, 5.41) is 0.792. The van der Waals surface area contributed by atoms with Crippen LogP contribution < -0.4 is 10.6 Å². The molecule has 3 heteroatoms. The van der Waals surface area contributed by atoms with Gasteiger partial charge in [-0.1, -0.05) is 18.5 Å². The fourth-order valence-corrected chi connectivity index (χ4v) is 2.18. The highest BCUT2D eigenvalue weighted by molar-refractivity contribution is 6.30. The first kappa shape index (κ1) is 10.8. The quantitative estimate of drug-likeness (QED) is 0.795.